The van der Waals surface area contributed by atoms with Crippen molar-refractivity contribution in [1.82, 2.24) is 5.32 Å². The van der Waals surface area contributed by atoms with E-state index in [1.807, 2.05) is 19.1 Å². The molecule has 3 aromatic carbocycles. The predicted octanol–water partition coefficient (Wildman–Crippen LogP) is 6.96. The van der Waals surface area contributed by atoms with Crippen molar-refractivity contribution in [3.63, 3.8) is 0 Å². The number of amides is 3. The van der Waals surface area contributed by atoms with Gasteiger partial charge >= 0.3 is 12.2 Å². The lowest BCUT2D eigenvalue weighted by Crippen LogP contribution is -2.36. The molecule has 42 heavy (non-hydrogen) atoms. The van der Waals surface area contributed by atoms with Crippen molar-refractivity contribution in [3.05, 3.63) is 89.5 Å². The standard InChI is InChI=1S/C32H37F3N4O3/c1-2-42-20-6-17-36-30(40)28-22-27(38-31(41)37-26-11-9-25(10-12-26)32(33,34)35)13-14-29(28)39-18-15-24(16-19-39)21-23-7-4-3-5-8-23/h3-5,7-14,22,24H,2,6,15-21H2,1H3,(H,36,40)(H2,37,38,41). The van der Waals surface area contributed by atoms with Gasteiger partial charge in [-0.1, -0.05) is 30.3 Å². The number of hydrogen-bond donors (Lipinski definition) is 3. The first-order chi connectivity index (χ1) is 20.2. The number of ether oxygens (including phenoxy) is 1. The zero-order valence-electron chi connectivity index (χ0n) is 23.7. The summed E-state index contributed by atoms with van der Waals surface area (Å²) in [7, 11) is 0. The second kappa shape index (κ2) is 14.7. The van der Waals surface area contributed by atoms with E-state index in [0.29, 0.717) is 43.3 Å². The lowest BCUT2D eigenvalue weighted by molar-refractivity contribution is -0.137. The molecule has 3 aromatic rings. The zero-order chi connectivity index (χ0) is 30.0. The van der Waals surface area contributed by atoms with Crippen LogP contribution >= 0.6 is 0 Å². The van der Waals surface area contributed by atoms with Gasteiger partial charge in [-0.15, -0.1) is 0 Å². The average Bonchev–Trinajstić information content (AvgIpc) is 2.98. The first-order valence-electron chi connectivity index (χ1n) is 14.3. The highest BCUT2D eigenvalue weighted by Gasteiger charge is 2.30. The Morgan fingerprint density at radius 3 is 2.26 bits per heavy atom. The van der Waals surface area contributed by atoms with Crippen molar-refractivity contribution >= 4 is 29.0 Å². The van der Waals surface area contributed by atoms with Gasteiger partial charge in [0.25, 0.3) is 5.91 Å². The van der Waals surface area contributed by atoms with Crippen LogP contribution in [0, 0.1) is 5.92 Å². The molecule has 10 heteroatoms. The Labute approximate surface area is 244 Å². The number of piperidine rings is 1. The molecule has 0 aliphatic carbocycles. The van der Waals surface area contributed by atoms with Crippen LogP contribution < -0.4 is 20.9 Å². The molecule has 0 bridgehead atoms. The largest absolute Gasteiger partial charge is 0.416 e. The van der Waals surface area contributed by atoms with E-state index in [1.54, 1.807) is 12.1 Å². The van der Waals surface area contributed by atoms with Crippen LogP contribution in [0.4, 0.5) is 35.0 Å². The zero-order valence-corrected chi connectivity index (χ0v) is 23.7. The number of urea groups is 1. The first-order valence-corrected chi connectivity index (χ1v) is 14.3. The summed E-state index contributed by atoms with van der Waals surface area (Å²) in [6.45, 7) is 5.14. The van der Waals surface area contributed by atoms with Gasteiger partial charge in [-0.2, -0.15) is 13.2 Å². The number of rotatable bonds is 11. The van der Waals surface area contributed by atoms with Crippen LogP contribution in [0.15, 0.2) is 72.8 Å². The molecule has 1 aliphatic rings. The Morgan fingerprint density at radius 2 is 1.60 bits per heavy atom. The molecule has 224 valence electrons. The summed E-state index contributed by atoms with van der Waals surface area (Å²) in [6, 6.07) is 19.2. The van der Waals surface area contributed by atoms with E-state index in [4.69, 9.17) is 4.74 Å². The molecule has 3 amide bonds. The highest BCUT2D eigenvalue weighted by Crippen LogP contribution is 2.31. The Hall–Kier alpha value is -4.05. The summed E-state index contributed by atoms with van der Waals surface area (Å²) in [5, 5.41) is 8.17. The minimum atomic E-state index is -4.46. The maximum Gasteiger partial charge on any atom is 0.416 e. The summed E-state index contributed by atoms with van der Waals surface area (Å²) in [4.78, 5) is 28.1. The Balaban J connectivity index is 1.43. The van der Waals surface area contributed by atoms with Crippen LogP contribution in [-0.2, 0) is 17.3 Å². The summed E-state index contributed by atoms with van der Waals surface area (Å²) in [5.41, 5.74) is 2.37. The molecule has 7 nitrogen and oxygen atoms in total. The van der Waals surface area contributed by atoms with E-state index in [1.165, 1.54) is 17.7 Å². The minimum absolute atomic E-state index is 0.211. The molecule has 0 spiro atoms. The number of carbonyl (C=O) groups excluding carboxylic acids is 2. The Bertz CT molecular complexity index is 1310. The van der Waals surface area contributed by atoms with E-state index in [-0.39, 0.29) is 11.6 Å². The highest BCUT2D eigenvalue weighted by atomic mass is 19.4. The fraction of sp³-hybridized carbons (Fsp3) is 0.375. The molecule has 4 rings (SSSR count). The number of alkyl halides is 3. The smallest absolute Gasteiger partial charge is 0.382 e. The van der Waals surface area contributed by atoms with E-state index >= 15 is 0 Å². The normalized spacial score (nSPS) is 14.0. The maximum atomic E-state index is 13.3. The van der Waals surface area contributed by atoms with Gasteiger partial charge in [-0.25, -0.2) is 4.79 Å². The summed E-state index contributed by atoms with van der Waals surface area (Å²) in [6.07, 6.45) is -0.759. The van der Waals surface area contributed by atoms with Crippen LogP contribution in [0.5, 0.6) is 0 Å². The molecule has 0 aromatic heterocycles. The Morgan fingerprint density at radius 1 is 0.929 bits per heavy atom. The quantitative estimate of drug-likeness (QED) is 0.213. The number of halogens is 3. The molecule has 1 fully saturated rings. The Kier molecular flexibility index (Phi) is 10.8. The van der Waals surface area contributed by atoms with Gasteiger partial charge in [-0.3, -0.25) is 4.79 Å². The number of anilines is 3. The summed E-state index contributed by atoms with van der Waals surface area (Å²) >= 11 is 0. The second-order valence-corrected chi connectivity index (χ2v) is 10.3. The van der Waals surface area contributed by atoms with Crippen molar-refractivity contribution in [2.24, 2.45) is 5.92 Å². The minimum Gasteiger partial charge on any atom is -0.382 e. The molecule has 3 N–H and O–H groups in total. The molecular weight excluding hydrogens is 545 g/mol. The number of hydrogen-bond acceptors (Lipinski definition) is 4. The monoisotopic (exact) mass is 582 g/mol. The van der Waals surface area contributed by atoms with E-state index < -0.39 is 17.8 Å². The van der Waals surface area contributed by atoms with Crippen LogP contribution in [-0.4, -0.2) is 44.8 Å². The van der Waals surface area contributed by atoms with Crippen molar-refractivity contribution in [2.75, 3.05) is 48.4 Å². The fourth-order valence-corrected chi connectivity index (χ4v) is 5.05. The summed E-state index contributed by atoms with van der Waals surface area (Å²) < 4.78 is 43.9. The van der Waals surface area contributed by atoms with Gasteiger partial charge in [-0.05, 0) is 86.6 Å². The highest BCUT2D eigenvalue weighted by molar-refractivity contribution is 6.04. The third-order valence-corrected chi connectivity index (χ3v) is 7.25. The van der Waals surface area contributed by atoms with Gasteiger partial charge < -0.3 is 25.6 Å². The molecular formula is C32H37F3N4O3. The number of nitrogens with zero attached hydrogens (tertiary/aromatic N) is 1. The van der Waals surface area contributed by atoms with Crippen LogP contribution in [0.25, 0.3) is 0 Å². The maximum absolute atomic E-state index is 13.3. The summed E-state index contributed by atoms with van der Waals surface area (Å²) in [5.74, 6) is 0.314. The third kappa shape index (κ3) is 8.97. The van der Waals surface area contributed by atoms with Crippen LogP contribution in [0.1, 0.15) is 47.7 Å². The molecule has 1 heterocycles. The van der Waals surface area contributed by atoms with Crippen molar-refractivity contribution in [2.45, 2.75) is 38.8 Å². The number of benzene rings is 3. The fourth-order valence-electron chi connectivity index (χ4n) is 5.05. The SMILES string of the molecule is CCOCCCNC(=O)c1cc(NC(=O)Nc2ccc(C(F)(F)F)cc2)ccc1N1CCC(Cc2ccccc2)CC1. The molecule has 1 aliphatic heterocycles. The predicted molar refractivity (Wildman–Crippen MR) is 159 cm³/mol. The van der Waals surface area contributed by atoms with Gasteiger partial charge in [0.15, 0.2) is 0 Å². The van der Waals surface area contributed by atoms with E-state index in [0.717, 1.165) is 50.2 Å². The molecule has 1 saturated heterocycles. The molecule has 0 radical (unpaired) electrons. The molecule has 0 unspecified atom stereocenters. The van der Waals surface area contributed by atoms with E-state index in [9.17, 15) is 22.8 Å². The van der Waals surface area contributed by atoms with Crippen LogP contribution in [0.2, 0.25) is 0 Å². The number of nitrogens with one attached hydrogen (secondary N) is 3. The van der Waals surface area contributed by atoms with Crippen LogP contribution in [0.3, 0.4) is 0 Å². The number of carbonyl (C=O) groups is 2. The van der Waals surface area contributed by atoms with Gasteiger partial charge in [0, 0.05) is 49.9 Å². The lowest BCUT2D eigenvalue weighted by atomic mass is 9.89. The topological polar surface area (TPSA) is 82.7 Å². The molecule has 0 atom stereocenters. The van der Waals surface area contributed by atoms with Crippen molar-refractivity contribution < 1.29 is 27.5 Å². The van der Waals surface area contributed by atoms with Crippen molar-refractivity contribution in [3.8, 4) is 0 Å². The van der Waals surface area contributed by atoms with Gasteiger partial charge in [0.2, 0.25) is 0 Å². The average molecular weight is 583 g/mol. The van der Waals surface area contributed by atoms with Gasteiger partial charge in [0.05, 0.1) is 11.1 Å². The third-order valence-electron chi connectivity index (χ3n) is 7.25. The first kappa shape index (κ1) is 30.9. The van der Waals surface area contributed by atoms with E-state index in [2.05, 4.69) is 45.1 Å². The van der Waals surface area contributed by atoms with Crippen molar-refractivity contribution in [1.29, 1.82) is 0 Å². The lowest BCUT2D eigenvalue weighted by Gasteiger charge is -2.35. The second-order valence-electron chi connectivity index (χ2n) is 10.3. The molecule has 0 saturated carbocycles. The van der Waals surface area contributed by atoms with Gasteiger partial charge in [0.1, 0.15) is 0 Å².